The Bertz CT molecular complexity index is 76.5. The fraction of sp³-hybridized carbons (Fsp3) is 0.571. The third kappa shape index (κ3) is 2.98. The van der Waals surface area contributed by atoms with Crippen LogP contribution in [-0.4, -0.2) is 12.0 Å². The highest BCUT2D eigenvalue weighted by Gasteiger charge is 1.94. The van der Waals surface area contributed by atoms with Crippen LogP contribution in [-0.2, 0) is 0 Å². The first-order valence-corrected chi connectivity index (χ1v) is 4.06. The highest BCUT2D eigenvalue weighted by molar-refractivity contribution is 7.37. The average molecular weight is 128 g/mol. The lowest BCUT2D eigenvalue weighted by atomic mass is 10.2. The van der Waals surface area contributed by atoms with Crippen molar-refractivity contribution in [1.29, 1.82) is 0 Å². The normalized spacial score (nSPS) is 13.6. The predicted molar refractivity (Wildman–Crippen MR) is 42.9 cm³/mol. The van der Waals surface area contributed by atoms with Crippen molar-refractivity contribution in [2.45, 2.75) is 25.4 Å². The van der Waals surface area contributed by atoms with E-state index in [2.05, 4.69) is 19.8 Å². The molecule has 1 unspecified atom stereocenters. The molecule has 0 saturated carbocycles. The second-order valence-corrected chi connectivity index (χ2v) is 2.86. The van der Waals surface area contributed by atoms with Crippen molar-refractivity contribution in [2.24, 2.45) is 0 Å². The molecule has 0 aromatic carbocycles. The van der Waals surface area contributed by atoms with E-state index in [1.54, 1.807) is 0 Å². The first kappa shape index (κ1) is 7.91. The molecule has 46 valence electrons. The van der Waals surface area contributed by atoms with Gasteiger partial charge in [-0.1, -0.05) is 19.3 Å². The van der Waals surface area contributed by atoms with E-state index >= 15 is 0 Å². The maximum absolute atomic E-state index is 3.80. The van der Waals surface area contributed by atoms with Gasteiger partial charge in [0, 0.05) is 5.66 Å². The molecule has 0 fully saturated rings. The fourth-order valence-corrected chi connectivity index (χ4v) is 1.12. The summed E-state index contributed by atoms with van der Waals surface area (Å²) in [6.07, 6.45) is 8.10. The van der Waals surface area contributed by atoms with Crippen LogP contribution in [0.1, 0.15) is 19.8 Å². The molecule has 1 heteroatoms. The van der Waals surface area contributed by atoms with Crippen LogP contribution in [0.4, 0.5) is 0 Å². The van der Waals surface area contributed by atoms with Crippen LogP contribution in [0.3, 0.4) is 0 Å². The van der Waals surface area contributed by atoms with Crippen LogP contribution in [0.25, 0.3) is 0 Å². The van der Waals surface area contributed by atoms with Crippen LogP contribution >= 0.6 is 8.20 Å². The molecule has 8 heavy (non-hydrogen) atoms. The minimum absolute atomic E-state index is 0.743. The Labute approximate surface area is 53.4 Å². The van der Waals surface area contributed by atoms with Gasteiger partial charge >= 0.3 is 0 Å². The zero-order valence-electron chi connectivity index (χ0n) is 5.43. The molecular weight excluding hydrogens is 115 g/mol. The Balaban J connectivity index is 3.35. The van der Waals surface area contributed by atoms with Gasteiger partial charge in [-0.05, 0) is 12.8 Å². The summed E-state index contributed by atoms with van der Waals surface area (Å²) in [7, 11) is 1.25. The van der Waals surface area contributed by atoms with Crippen molar-refractivity contribution < 1.29 is 0 Å². The summed E-state index contributed by atoms with van der Waals surface area (Å²) >= 11 is 0. The van der Waals surface area contributed by atoms with E-state index in [0.717, 1.165) is 12.1 Å². The molecule has 0 rings (SSSR count). The van der Waals surface area contributed by atoms with Crippen molar-refractivity contribution in [3.8, 4) is 0 Å². The molecule has 0 aliphatic carbocycles. The van der Waals surface area contributed by atoms with Crippen molar-refractivity contribution in [3.05, 3.63) is 12.7 Å². The first-order chi connectivity index (χ1) is 3.85. The number of hydrogen-bond acceptors (Lipinski definition) is 0. The van der Waals surface area contributed by atoms with Gasteiger partial charge < -0.3 is 0 Å². The molecular formula is C7H13P. The molecule has 0 bridgehead atoms. The van der Waals surface area contributed by atoms with Gasteiger partial charge in [0.1, 0.15) is 0 Å². The highest BCUT2D eigenvalue weighted by Crippen LogP contribution is 2.13. The summed E-state index contributed by atoms with van der Waals surface area (Å²) < 4.78 is 0. The molecule has 0 aromatic rings. The van der Waals surface area contributed by atoms with Crippen LogP contribution in [0, 0.1) is 0 Å². The summed E-state index contributed by atoms with van der Waals surface area (Å²) in [5, 5.41) is 0. The Hall–Kier alpha value is -0.0900. The van der Waals surface area contributed by atoms with Gasteiger partial charge in [-0.2, -0.15) is 0 Å². The average Bonchev–Trinajstić information content (AvgIpc) is 1.83. The lowest BCUT2D eigenvalue weighted by Crippen LogP contribution is -1.91. The largest absolute Gasteiger partial charge is 0.109 e. The van der Waals surface area contributed by atoms with Gasteiger partial charge in [-0.25, -0.2) is 0 Å². The predicted octanol–water partition coefficient (Wildman–Crippen LogP) is 2.72. The lowest BCUT2D eigenvalue weighted by molar-refractivity contribution is 0.837. The van der Waals surface area contributed by atoms with Crippen LogP contribution in [0.5, 0.6) is 0 Å². The quantitative estimate of drug-likeness (QED) is 0.403. The molecule has 0 aliphatic rings. The molecule has 0 aliphatic heterocycles. The molecule has 0 heterocycles. The molecule has 0 saturated heterocycles. The topological polar surface area (TPSA) is 0 Å². The molecule has 0 N–H and O–H groups in total. The maximum Gasteiger partial charge on any atom is 0.00349 e. The van der Waals surface area contributed by atoms with Gasteiger partial charge in [-0.15, -0.1) is 14.8 Å². The van der Waals surface area contributed by atoms with E-state index < -0.39 is 0 Å². The zero-order chi connectivity index (χ0) is 6.41. The Morgan fingerprint density at radius 1 is 1.75 bits per heavy atom. The lowest BCUT2D eigenvalue weighted by Gasteiger charge is -2.01. The second kappa shape index (κ2) is 5.05. The summed E-state index contributed by atoms with van der Waals surface area (Å²) in [5.74, 6) is 0. The van der Waals surface area contributed by atoms with Crippen LogP contribution < -0.4 is 0 Å². The summed E-state index contributed by atoms with van der Waals surface area (Å²) in [6.45, 7) is 5.85. The zero-order valence-corrected chi connectivity index (χ0v) is 6.32. The standard InChI is InChI=1S/C7H13P/c1-4-6-7(5-2)8-3/h4,7H,1,3,5-6H2,2H3. The molecule has 0 radical (unpaired) electrons. The van der Waals surface area contributed by atoms with Crippen molar-refractivity contribution in [3.63, 3.8) is 0 Å². The number of allylic oxidation sites excluding steroid dienone is 1. The van der Waals surface area contributed by atoms with Gasteiger partial charge in [0.05, 0.1) is 0 Å². The third-order valence-electron chi connectivity index (χ3n) is 1.17. The van der Waals surface area contributed by atoms with E-state index in [1.807, 2.05) is 6.08 Å². The van der Waals surface area contributed by atoms with E-state index in [-0.39, 0.29) is 0 Å². The Morgan fingerprint density at radius 3 is 2.50 bits per heavy atom. The monoisotopic (exact) mass is 128 g/mol. The van der Waals surface area contributed by atoms with Crippen molar-refractivity contribution >= 4 is 14.5 Å². The SMILES string of the molecule is C=CCC(CC)P=C. The van der Waals surface area contributed by atoms with E-state index in [0.29, 0.717) is 0 Å². The molecule has 1 atom stereocenters. The highest BCUT2D eigenvalue weighted by atomic mass is 31.1. The van der Waals surface area contributed by atoms with Gasteiger partial charge in [0.2, 0.25) is 0 Å². The molecule has 0 spiro atoms. The Kier molecular flexibility index (Phi) is 5.00. The minimum Gasteiger partial charge on any atom is -0.109 e. The number of hydrogen-bond donors (Lipinski definition) is 0. The second-order valence-electron chi connectivity index (χ2n) is 1.77. The van der Waals surface area contributed by atoms with E-state index in [9.17, 15) is 0 Å². The van der Waals surface area contributed by atoms with Crippen molar-refractivity contribution in [1.82, 2.24) is 0 Å². The van der Waals surface area contributed by atoms with Crippen LogP contribution in [0.15, 0.2) is 12.7 Å². The van der Waals surface area contributed by atoms with Gasteiger partial charge in [0.15, 0.2) is 0 Å². The third-order valence-corrected chi connectivity index (χ3v) is 2.26. The summed E-state index contributed by atoms with van der Waals surface area (Å²) in [4.78, 5) is 0. The molecule has 0 nitrogen and oxygen atoms in total. The van der Waals surface area contributed by atoms with E-state index in [4.69, 9.17) is 0 Å². The van der Waals surface area contributed by atoms with Gasteiger partial charge in [0.25, 0.3) is 0 Å². The smallest absolute Gasteiger partial charge is 0.00349 e. The number of rotatable bonds is 4. The Morgan fingerprint density at radius 2 is 2.38 bits per heavy atom. The fourth-order valence-electron chi connectivity index (χ4n) is 0.563. The first-order valence-electron chi connectivity index (χ1n) is 2.91. The van der Waals surface area contributed by atoms with Crippen LogP contribution in [0.2, 0.25) is 0 Å². The molecule has 0 amide bonds. The van der Waals surface area contributed by atoms with Gasteiger partial charge in [-0.3, -0.25) is 0 Å². The summed E-state index contributed by atoms with van der Waals surface area (Å²) in [6, 6.07) is 0. The van der Waals surface area contributed by atoms with E-state index in [1.165, 1.54) is 14.6 Å². The van der Waals surface area contributed by atoms with Crippen molar-refractivity contribution in [2.75, 3.05) is 0 Å². The summed E-state index contributed by atoms with van der Waals surface area (Å²) in [5.41, 5.74) is 0.743. The molecule has 0 aromatic heterocycles. The minimum atomic E-state index is 0.743. The maximum atomic E-state index is 3.80.